The van der Waals surface area contributed by atoms with E-state index in [0.29, 0.717) is 6.04 Å². The van der Waals surface area contributed by atoms with Crippen LogP contribution in [0.1, 0.15) is 41.0 Å². The van der Waals surface area contributed by atoms with Crippen molar-refractivity contribution in [3.05, 3.63) is 0 Å². The van der Waals surface area contributed by atoms with Gasteiger partial charge in [0.2, 0.25) is 0 Å². The van der Waals surface area contributed by atoms with Crippen LogP contribution < -0.4 is 5.73 Å². The lowest BCUT2D eigenvalue weighted by atomic mass is 9.85. The average molecular weight is 255 g/mol. The maximum absolute atomic E-state index is 6.22. The van der Waals surface area contributed by atoms with E-state index in [1.54, 1.807) is 0 Å². The molecule has 18 heavy (non-hydrogen) atoms. The molecule has 0 spiro atoms. The van der Waals surface area contributed by atoms with E-state index in [9.17, 15) is 0 Å². The number of nitrogens with two attached hydrogens (primary N) is 1. The zero-order valence-corrected chi connectivity index (χ0v) is 13.1. The largest absolute Gasteiger partial charge is 0.327 e. The molecule has 1 fully saturated rings. The third kappa shape index (κ3) is 5.68. The molecule has 0 bridgehead atoms. The Morgan fingerprint density at radius 2 is 1.50 bits per heavy atom. The van der Waals surface area contributed by atoms with Gasteiger partial charge in [0.25, 0.3) is 0 Å². The second-order valence-electron chi connectivity index (χ2n) is 7.30. The maximum atomic E-state index is 6.22. The van der Waals surface area contributed by atoms with Gasteiger partial charge in [-0.05, 0) is 24.3 Å². The summed E-state index contributed by atoms with van der Waals surface area (Å²) in [5.74, 6) is 0.783. The van der Waals surface area contributed by atoms with Crippen molar-refractivity contribution in [3.8, 4) is 0 Å². The predicted octanol–water partition coefficient (Wildman–Crippen LogP) is 2.02. The van der Waals surface area contributed by atoms with Crippen molar-refractivity contribution >= 4 is 0 Å². The Kier molecular flexibility index (Phi) is 6.09. The minimum Gasteiger partial charge on any atom is -0.327 e. The van der Waals surface area contributed by atoms with E-state index in [-0.39, 0.29) is 5.41 Å². The minimum atomic E-state index is 0.236. The number of piperazine rings is 1. The summed E-state index contributed by atoms with van der Waals surface area (Å²) in [6.07, 6.45) is 1.12. The van der Waals surface area contributed by atoms with Crippen LogP contribution in [0.25, 0.3) is 0 Å². The van der Waals surface area contributed by atoms with Crippen LogP contribution in [0.3, 0.4) is 0 Å². The summed E-state index contributed by atoms with van der Waals surface area (Å²) in [6, 6.07) is 0.311. The fourth-order valence-electron chi connectivity index (χ4n) is 2.47. The van der Waals surface area contributed by atoms with Crippen molar-refractivity contribution in [2.75, 3.05) is 39.3 Å². The van der Waals surface area contributed by atoms with Gasteiger partial charge in [0.15, 0.2) is 0 Å². The van der Waals surface area contributed by atoms with E-state index in [2.05, 4.69) is 44.4 Å². The van der Waals surface area contributed by atoms with Crippen molar-refractivity contribution in [1.82, 2.24) is 9.80 Å². The molecule has 0 amide bonds. The van der Waals surface area contributed by atoms with Gasteiger partial charge in [-0.15, -0.1) is 0 Å². The number of hydrogen-bond acceptors (Lipinski definition) is 3. The van der Waals surface area contributed by atoms with Gasteiger partial charge in [-0.1, -0.05) is 34.6 Å². The van der Waals surface area contributed by atoms with Crippen LogP contribution in [0, 0.1) is 11.3 Å². The monoisotopic (exact) mass is 255 g/mol. The first-order chi connectivity index (χ1) is 8.29. The van der Waals surface area contributed by atoms with Crippen molar-refractivity contribution in [2.24, 2.45) is 17.1 Å². The molecule has 1 rings (SSSR count). The Morgan fingerprint density at radius 1 is 1.00 bits per heavy atom. The Hall–Kier alpha value is -0.120. The first kappa shape index (κ1) is 15.9. The number of hydrogen-bond donors (Lipinski definition) is 1. The highest BCUT2D eigenvalue weighted by molar-refractivity contribution is 4.80. The molecule has 3 heteroatoms. The molecule has 2 N–H and O–H groups in total. The summed E-state index contributed by atoms with van der Waals surface area (Å²) in [5.41, 5.74) is 6.46. The molecular weight excluding hydrogens is 222 g/mol. The first-order valence-corrected chi connectivity index (χ1v) is 7.49. The molecule has 1 heterocycles. The molecule has 0 aromatic rings. The van der Waals surface area contributed by atoms with Crippen LogP contribution in [0.2, 0.25) is 0 Å². The standard InChI is InChI=1S/C15H33N3/c1-13(2)12-18-10-8-17(9-11-18)7-6-14(16)15(3,4)5/h13-14H,6-12,16H2,1-5H3. The van der Waals surface area contributed by atoms with Crippen molar-refractivity contribution in [2.45, 2.75) is 47.1 Å². The van der Waals surface area contributed by atoms with Crippen LogP contribution in [0.5, 0.6) is 0 Å². The molecule has 1 saturated heterocycles. The normalized spacial score (nSPS) is 21.5. The Morgan fingerprint density at radius 3 is 1.94 bits per heavy atom. The molecular formula is C15H33N3. The zero-order chi connectivity index (χ0) is 13.8. The molecule has 1 unspecified atom stereocenters. The first-order valence-electron chi connectivity index (χ1n) is 7.49. The highest BCUT2D eigenvalue weighted by atomic mass is 15.3. The van der Waals surface area contributed by atoms with Crippen molar-refractivity contribution in [3.63, 3.8) is 0 Å². The van der Waals surface area contributed by atoms with E-state index < -0.39 is 0 Å². The lowest BCUT2D eigenvalue weighted by molar-refractivity contribution is 0.115. The van der Waals surface area contributed by atoms with Gasteiger partial charge in [0.1, 0.15) is 0 Å². The van der Waals surface area contributed by atoms with Crippen LogP contribution >= 0.6 is 0 Å². The maximum Gasteiger partial charge on any atom is 0.0110 e. The fourth-order valence-corrected chi connectivity index (χ4v) is 2.47. The Labute approximate surface area is 114 Å². The van der Waals surface area contributed by atoms with E-state index in [4.69, 9.17) is 5.73 Å². The lowest BCUT2D eigenvalue weighted by Gasteiger charge is -2.37. The average Bonchev–Trinajstić information content (AvgIpc) is 2.25. The summed E-state index contributed by atoms with van der Waals surface area (Å²) in [5, 5.41) is 0. The van der Waals surface area contributed by atoms with E-state index >= 15 is 0 Å². The van der Waals surface area contributed by atoms with E-state index in [0.717, 1.165) is 18.9 Å². The Bertz CT molecular complexity index is 224. The highest BCUT2D eigenvalue weighted by Crippen LogP contribution is 2.20. The summed E-state index contributed by atoms with van der Waals surface area (Å²) in [4.78, 5) is 5.16. The quantitative estimate of drug-likeness (QED) is 0.816. The van der Waals surface area contributed by atoms with E-state index in [1.807, 2.05) is 0 Å². The molecule has 1 atom stereocenters. The summed E-state index contributed by atoms with van der Waals surface area (Å²) in [7, 11) is 0. The molecule has 3 nitrogen and oxygen atoms in total. The van der Waals surface area contributed by atoms with Crippen LogP contribution in [0.15, 0.2) is 0 Å². The van der Waals surface area contributed by atoms with Crippen LogP contribution in [-0.4, -0.2) is 55.1 Å². The smallest absolute Gasteiger partial charge is 0.0110 e. The molecule has 108 valence electrons. The molecule has 0 aliphatic carbocycles. The fraction of sp³-hybridized carbons (Fsp3) is 1.00. The third-order valence-electron chi connectivity index (χ3n) is 3.96. The predicted molar refractivity (Wildman–Crippen MR) is 79.8 cm³/mol. The summed E-state index contributed by atoms with van der Waals surface area (Å²) in [6.45, 7) is 18.6. The number of nitrogens with zero attached hydrogens (tertiary/aromatic N) is 2. The van der Waals surface area contributed by atoms with Gasteiger partial charge in [-0.25, -0.2) is 0 Å². The minimum absolute atomic E-state index is 0.236. The molecule has 0 radical (unpaired) electrons. The van der Waals surface area contributed by atoms with Gasteiger partial charge in [-0.3, -0.25) is 0 Å². The summed E-state index contributed by atoms with van der Waals surface area (Å²) < 4.78 is 0. The van der Waals surface area contributed by atoms with Gasteiger partial charge in [-0.2, -0.15) is 0 Å². The van der Waals surface area contributed by atoms with Crippen molar-refractivity contribution in [1.29, 1.82) is 0 Å². The SMILES string of the molecule is CC(C)CN1CCN(CCC(N)C(C)(C)C)CC1. The van der Waals surface area contributed by atoms with Gasteiger partial charge in [0, 0.05) is 38.8 Å². The summed E-state index contributed by atoms with van der Waals surface area (Å²) >= 11 is 0. The molecule has 1 aliphatic rings. The van der Waals surface area contributed by atoms with Gasteiger partial charge in [0.05, 0.1) is 0 Å². The van der Waals surface area contributed by atoms with E-state index in [1.165, 1.54) is 32.7 Å². The molecule has 1 aliphatic heterocycles. The second-order valence-corrected chi connectivity index (χ2v) is 7.30. The molecule has 0 saturated carbocycles. The van der Waals surface area contributed by atoms with Crippen LogP contribution in [-0.2, 0) is 0 Å². The van der Waals surface area contributed by atoms with Gasteiger partial charge < -0.3 is 15.5 Å². The topological polar surface area (TPSA) is 32.5 Å². The molecule has 0 aromatic heterocycles. The van der Waals surface area contributed by atoms with Crippen molar-refractivity contribution < 1.29 is 0 Å². The number of rotatable bonds is 5. The molecule has 0 aromatic carbocycles. The highest BCUT2D eigenvalue weighted by Gasteiger charge is 2.22. The third-order valence-corrected chi connectivity index (χ3v) is 3.96. The van der Waals surface area contributed by atoms with Gasteiger partial charge >= 0.3 is 0 Å². The second kappa shape index (κ2) is 6.88. The Balaban J connectivity index is 2.20. The lowest BCUT2D eigenvalue weighted by Crippen LogP contribution is -2.48. The van der Waals surface area contributed by atoms with Crippen LogP contribution in [0.4, 0.5) is 0 Å². The zero-order valence-electron chi connectivity index (χ0n) is 13.1.